The largest absolute Gasteiger partial charge is 0.286 e. The van der Waals surface area contributed by atoms with Gasteiger partial charge in [-0.1, -0.05) is 54.3 Å². The Labute approximate surface area is 139 Å². The minimum atomic E-state index is -0.0722. The number of pyridine rings is 1. The maximum atomic E-state index is 12.7. The maximum absolute atomic E-state index is 12.7. The van der Waals surface area contributed by atoms with E-state index in [2.05, 4.69) is 4.98 Å². The molecular weight excluding hydrogens is 312 g/mol. The zero-order valence-electron chi connectivity index (χ0n) is 12.0. The Morgan fingerprint density at radius 1 is 1.18 bits per heavy atom. The number of benzene rings is 1. The van der Waals surface area contributed by atoms with Crippen LogP contribution in [0.25, 0.3) is 6.08 Å². The van der Waals surface area contributed by atoms with Crippen LogP contribution in [-0.2, 0) is 4.79 Å². The molecule has 110 valence electrons. The van der Waals surface area contributed by atoms with E-state index in [9.17, 15) is 4.79 Å². The van der Waals surface area contributed by atoms with Crippen molar-refractivity contribution in [1.82, 2.24) is 9.88 Å². The molecule has 1 fully saturated rings. The van der Waals surface area contributed by atoms with E-state index in [4.69, 9.17) is 12.2 Å². The van der Waals surface area contributed by atoms with Crippen molar-refractivity contribution in [1.29, 1.82) is 0 Å². The number of thioether (sulfide) groups is 1. The zero-order chi connectivity index (χ0) is 15.5. The van der Waals surface area contributed by atoms with Crippen molar-refractivity contribution >= 4 is 40.3 Å². The highest BCUT2D eigenvalue weighted by atomic mass is 32.2. The smallest absolute Gasteiger partial charge is 0.266 e. The third-order valence-electron chi connectivity index (χ3n) is 3.50. The summed E-state index contributed by atoms with van der Waals surface area (Å²) in [7, 11) is 0. The summed E-state index contributed by atoms with van der Waals surface area (Å²) in [5, 5.41) is 0. The van der Waals surface area contributed by atoms with Gasteiger partial charge in [-0.3, -0.25) is 14.7 Å². The molecule has 0 N–H and O–H groups in total. The van der Waals surface area contributed by atoms with Crippen molar-refractivity contribution < 1.29 is 4.79 Å². The molecule has 1 saturated heterocycles. The third kappa shape index (κ3) is 2.96. The van der Waals surface area contributed by atoms with Crippen molar-refractivity contribution in [2.75, 3.05) is 0 Å². The summed E-state index contributed by atoms with van der Waals surface area (Å²) in [4.78, 5) is 19.0. The second kappa shape index (κ2) is 6.42. The maximum Gasteiger partial charge on any atom is 0.266 e. The lowest BCUT2D eigenvalue weighted by molar-refractivity contribution is -0.123. The summed E-state index contributed by atoms with van der Waals surface area (Å²) < 4.78 is 0.599. The normalized spacial score (nSPS) is 18.0. The molecule has 2 aromatic rings. The van der Waals surface area contributed by atoms with Crippen LogP contribution in [0.5, 0.6) is 0 Å². The van der Waals surface area contributed by atoms with Gasteiger partial charge in [-0.25, -0.2) is 0 Å². The van der Waals surface area contributed by atoms with Crippen molar-refractivity contribution in [3.8, 4) is 0 Å². The van der Waals surface area contributed by atoms with Crippen LogP contribution in [0.4, 0.5) is 0 Å². The monoisotopic (exact) mass is 326 g/mol. The predicted molar refractivity (Wildman–Crippen MR) is 94.1 cm³/mol. The van der Waals surface area contributed by atoms with Crippen LogP contribution in [-0.4, -0.2) is 20.1 Å². The van der Waals surface area contributed by atoms with Crippen LogP contribution in [0.1, 0.15) is 24.1 Å². The lowest BCUT2D eigenvalue weighted by atomic mass is 10.1. The van der Waals surface area contributed by atoms with Gasteiger partial charge in [0.25, 0.3) is 5.91 Å². The molecule has 2 heterocycles. The lowest BCUT2D eigenvalue weighted by Gasteiger charge is -2.23. The first-order valence-corrected chi connectivity index (χ1v) is 8.11. The highest BCUT2D eigenvalue weighted by molar-refractivity contribution is 8.26. The van der Waals surface area contributed by atoms with Crippen molar-refractivity contribution in [2.45, 2.75) is 13.0 Å². The fourth-order valence-corrected chi connectivity index (χ4v) is 3.72. The van der Waals surface area contributed by atoms with Gasteiger partial charge in [0.05, 0.1) is 10.9 Å². The average Bonchev–Trinajstić information content (AvgIpc) is 2.82. The van der Waals surface area contributed by atoms with Crippen molar-refractivity contribution in [3.05, 3.63) is 70.9 Å². The summed E-state index contributed by atoms with van der Waals surface area (Å²) in [5.41, 5.74) is 2.02. The Kier molecular flexibility index (Phi) is 4.36. The molecule has 1 aromatic heterocycles. The van der Waals surface area contributed by atoms with Crippen LogP contribution in [0.2, 0.25) is 0 Å². The Balaban J connectivity index is 1.88. The van der Waals surface area contributed by atoms with E-state index in [1.54, 1.807) is 17.3 Å². The molecule has 0 saturated carbocycles. The summed E-state index contributed by atoms with van der Waals surface area (Å²) in [6.45, 7) is 2.00. The SMILES string of the molecule is C[C@H](c1ccccc1)N1C(=O)/C(=C/c2ccncc2)SC1=S. The van der Waals surface area contributed by atoms with Crippen molar-refractivity contribution in [2.24, 2.45) is 0 Å². The Morgan fingerprint density at radius 3 is 2.55 bits per heavy atom. The van der Waals surface area contributed by atoms with Gasteiger partial charge in [-0.05, 0) is 36.3 Å². The Hall–Kier alpha value is -1.98. The van der Waals surface area contributed by atoms with Crippen LogP contribution in [0.3, 0.4) is 0 Å². The van der Waals surface area contributed by atoms with Gasteiger partial charge in [-0.15, -0.1) is 0 Å². The quantitative estimate of drug-likeness (QED) is 0.629. The summed E-state index contributed by atoms with van der Waals surface area (Å²) >= 11 is 6.75. The van der Waals surface area contributed by atoms with Crippen LogP contribution in [0, 0.1) is 0 Å². The zero-order valence-corrected chi connectivity index (χ0v) is 13.6. The molecule has 0 aliphatic carbocycles. The molecule has 1 amide bonds. The number of nitrogens with zero attached hydrogens (tertiary/aromatic N) is 2. The summed E-state index contributed by atoms with van der Waals surface area (Å²) in [6, 6.07) is 13.6. The first-order chi connectivity index (χ1) is 10.7. The molecule has 1 aliphatic heterocycles. The summed E-state index contributed by atoms with van der Waals surface area (Å²) in [6.07, 6.45) is 5.27. The van der Waals surface area contributed by atoms with Gasteiger partial charge < -0.3 is 0 Å². The average molecular weight is 326 g/mol. The van der Waals surface area contributed by atoms with Gasteiger partial charge in [0.2, 0.25) is 0 Å². The molecule has 5 heteroatoms. The predicted octanol–water partition coefficient (Wildman–Crippen LogP) is 4.04. The van der Waals surface area contributed by atoms with E-state index < -0.39 is 0 Å². The van der Waals surface area contributed by atoms with E-state index in [0.29, 0.717) is 9.23 Å². The number of hydrogen-bond donors (Lipinski definition) is 0. The number of carbonyl (C=O) groups excluding carboxylic acids is 1. The van der Waals surface area contributed by atoms with Gasteiger partial charge >= 0.3 is 0 Å². The molecule has 22 heavy (non-hydrogen) atoms. The number of hydrogen-bond acceptors (Lipinski definition) is 4. The molecule has 3 rings (SSSR count). The van der Waals surface area contributed by atoms with Crippen molar-refractivity contribution in [3.63, 3.8) is 0 Å². The second-order valence-corrected chi connectivity index (χ2v) is 6.59. The first kappa shape index (κ1) is 14.9. The molecule has 0 bridgehead atoms. The fraction of sp³-hybridized carbons (Fsp3) is 0.118. The second-order valence-electron chi connectivity index (χ2n) is 4.92. The molecule has 1 aromatic carbocycles. The van der Waals surface area contributed by atoms with Crippen LogP contribution in [0.15, 0.2) is 59.8 Å². The number of amides is 1. The molecular formula is C17H14N2OS2. The summed E-state index contributed by atoms with van der Waals surface area (Å²) in [5.74, 6) is -0.0387. The number of carbonyl (C=O) groups is 1. The molecule has 0 unspecified atom stereocenters. The minimum absolute atomic E-state index is 0.0387. The number of rotatable bonds is 3. The van der Waals surface area contributed by atoms with Gasteiger partial charge in [-0.2, -0.15) is 0 Å². The molecule has 0 radical (unpaired) electrons. The van der Waals surface area contributed by atoms with E-state index in [1.807, 2.05) is 55.5 Å². The Bertz CT molecular complexity index is 729. The Morgan fingerprint density at radius 2 is 1.86 bits per heavy atom. The third-order valence-corrected chi connectivity index (χ3v) is 4.83. The van der Waals surface area contributed by atoms with E-state index in [1.165, 1.54) is 11.8 Å². The van der Waals surface area contributed by atoms with E-state index >= 15 is 0 Å². The first-order valence-electron chi connectivity index (χ1n) is 6.89. The minimum Gasteiger partial charge on any atom is -0.286 e. The van der Waals surface area contributed by atoms with Crippen LogP contribution < -0.4 is 0 Å². The fourth-order valence-electron chi connectivity index (χ4n) is 2.31. The lowest BCUT2D eigenvalue weighted by Crippen LogP contribution is -2.30. The van der Waals surface area contributed by atoms with E-state index in [0.717, 1.165) is 11.1 Å². The van der Waals surface area contributed by atoms with Gasteiger partial charge in [0.1, 0.15) is 4.32 Å². The molecule has 0 spiro atoms. The number of aromatic nitrogens is 1. The topological polar surface area (TPSA) is 33.2 Å². The standard InChI is InChI=1S/C17H14N2OS2/c1-12(14-5-3-2-4-6-14)19-16(20)15(22-17(19)21)11-13-7-9-18-10-8-13/h2-12H,1H3/b15-11-/t12-/m1/s1. The van der Waals surface area contributed by atoms with Gasteiger partial charge in [0.15, 0.2) is 0 Å². The molecule has 1 atom stereocenters. The van der Waals surface area contributed by atoms with Crippen LogP contribution >= 0.6 is 24.0 Å². The van der Waals surface area contributed by atoms with Gasteiger partial charge in [0, 0.05) is 12.4 Å². The highest BCUT2D eigenvalue weighted by Crippen LogP contribution is 2.37. The molecule has 3 nitrogen and oxygen atoms in total. The molecule has 1 aliphatic rings. The van der Waals surface area contributed by atoms with E-state index in [-0.39, 0.29) is 11.9 Å². The highest BCUT2D eigenvalue weighted by Gasteiger charge is 2.35. The number of thiocarbonyl (C=S) groups is 1.